The van der Waals surface area contributed by atoms with Crippen LogP contribution in [0.15, 0.2) is 24.3 Å². The first-order valence-electron chi connectivity index (χ1n) is 7.49. The summed E-state index contributed by atoms with van der Waals surface area (Å²) < 4.78 is 28.1. The van der Waals surface area contributed by atoms with Gasteiger partial charge in [0.2, 0.25) is 0 Å². The van der Waals surface area contributed by atoms with Crippen LogP contribution in [0.4, 0.5) is 0 Å². The van der Waals surface area contributed by atoms with E-state index in [1.54, 1.807) is 14.1 Å². The van der Waals surface area contributed by atoms with E-state index in [9.17, 15) is 8.42 Å². The fourth-order valence-corrected chi connectivity index (χ4v) is 4.23. The Bertz CT molecular complexity index is 615. The van der Waals surface area contributed by atoms with Gasteiger partial charge in [0.25, 0.3) is 10.2 Å². The molecule has 2 aliphatic heterocycles. The molecule has 0 unspecified atom stereocenters. The van der Waals surface area contributed by atoms with Crippen LogP contribution in [0.1, 0.15) is 30.0 Å². The van der Waals surface area contributed by atoms with Crippen LogP contribution in [-0.2, 0) is 16.6 Å². The van der Waals surface area contributed by atoms with E-state index in [2.05, 4.69) is 33.9 Å². The maximum atomic E-state index is 12.0. The summed E-state index contributed by atoms with van der Waals surface area (Å²) >= 11 is 0. The lowest BCUT2D eigenvalue weighted by Crippen LogP contribution is -2.50. The van der Waals surface area contributed by atoms with Crippen molar-refractivity contribution in [2.45, 2.75) is 31.3 Å². The molecule has 116 valence electrons. The molecule has 0 saturated carbocycles. The zero-order chi connectivity index (χ0) is 15.0. The van der Waals surface area contributed by atoms with Crippen molar-refractivity contribution in [1.29, 1.82) is 0 Å². The summed E-state index contributed by atoms with van der Waals surface area (Å²) in [6.07, 6.45) is 2.83. The molecule has 5 nitrogen and oxygen atoms in total. The number of benzene rings is 1. The van der Waals surface area contributed by atoms with Crippen molar-refractivity contribution < 1.29 is 8.42 Å². The van der Waals surface area contributed by atoms with E-state index >= 15 is 0 Å². The third-order valence-corrected chi connectivity index (χ3v) is 6.18. The van der Waals surface area contributed by atoms with Crippen LogP contribution in [-0.4, -0.2) is 50.8 Å². The van der Waals surface area contributed by atoms with Crippen molar-refractivity contribution in [2.24, 2.45) is 0 Å². The third-order valence-electron chi connectivity index (χ3n) is 4.59. The van der Waals surface area contributed by atoms with Crippen LogP contribution in [0.2, 0.25) is 0 Å². The molecule has 0 spiro atoms. The summed E-state index contributed by atoms with van der Waals surface area (Å²) in [6, 6.07) is 8.91. The molecule has 2 aliphatic rings. The van der Waals surface area contributed by atoms with Gasteiger partial charge in [-0.25, -0.2) is 0 Å². The Balaban J connectivity index is 1.78. The van der Waals surface area contributed by atoms with Crippen LogP contribution in [0.5, 0.6) is 0 Å². The van der Waals surface area contributed by atoms with Crippen molar-refractivity contribution in [1.82, 2.24) is 13.9 Å². The lowest BCUT2D eigenvalue weighted by molar-refractivity contribution is 0.122. The second-order valence-electron chi connectivity index (χ2n) is 6.13. The largest absolute Gasteiger partial charge is 0.296 e. The zero-order valence-electron chi connectivity index (χ0n) is 12.6. The molecule has 6 heteroatoms. The maximum Gasteiger partial charge on any atom is 0.279 e. The summed E-state index contributed by atoms with van der Waals surface area (Å²) in [5.41, 5.74) is 2.78. The van der Waals surface area contributed by atoms with Crippen molar-refractivity contribution in [3.05, 3.63) is 35.4 Å². The highest BCUT2D eigenvalue weighted by Crippen LogP contribution is 2.36. The quantitative estimate of drug-likeness (QED) is 0.911. The standard InChI is InChI=1S/C15H23N3O2S/c1-17(2)21(19,20)16-13-8-10-18-9-7-12-5-3-4-6-14(12)15(18)11-13/h3-6,13,15-16H,7-11H2,1-2H3/t13-,15+/m1/s1. The second-order valence-corrected chi connectivity index (χ2v) is 8.04. The van der Waals surface area contributed by atoms with E-state index in [0.29, 0.717) is 6.04 Å². The lowest BCUT2D eigenvalue weighted by Gasteiger charge is -2.43. The average Bonchev–Trinajstić information content (AvgIpc) is 2.46. The molecule has 0 aliphatic carbocycles. The Hall–Kier alpha value is -0.950. The van der Waals surface area contributed by atoms with E-state index < -0.39 is 10.2 Å². The summed E-state index contributed by atoms with van der Waals surface area (Å²) in [7, 11) is -0.222. The highest BCUT2D eigenvalue weighted by atomic mass is 32.2. The predicted molar refractivity (Wildman–Crippen MR) is 83.2 cm³/mol. The number of hydrogen-bond donors (Lipinski definition) is 1. The fraction of sp³-hybridized carbons (Fsp3) is 0.600. The second kappa shape index (κ2) is 5.68. The molecule has 0 radical (unpaired) electrons. The summed E-state index contributed by atoms with van der Waals surface area (Å²) in [6.45, 7) is 2.04. The van der Waals surface area contributed by atoms with Gasteiger partial charge in [-0.05, 0) is 30.4 Å². The van der Waals surface area contributed by atoms with Crippen molar-refractivity contribution in [3.8, 4) is 0 Å². The Labute approximate surface area is 127 Å². The van der Waals surface area contributed by atoms with Gasteiger partial charge >= 0.3 is 0 Å². The Morgan fingerprint density at radius 2 is 2.00 bits per heavy atom. The van der Waals surface area contributed by atoms with Crippen LogP contribution >= 0.6 is 0 Å². The first kappa shape index (κ1) is 15.0. The molecule has 2 atom stereocenters. The van der Waals surface area contributed by atoms with Gasteiger partial charge in [0.1, 0.15) is 0 Å². The predicted octanol–water partition coefficient (Wildman–Crippen LogP) is 1.14. The highest BCUT2D eigenvalue weighted by Gasteiger charge is 2.34. The van der Waals surface area contributed by atoms with Gasteiger partial charge in [-0.3, -0.25) is 4.90 Å². The number of fused-ring (bicyclic) bond motifs is 3. The normalized spacial score (nSPS) is 26.4. The van der Waals surface area contributed by atoms with Crippen LogP contribution in [0.3, 0.4) is 0 Å². The molecular formula is C15H23N3O2S. The maximum absolute atomic E-state index is 12.0. The van der Waals surface area contributed by atoms with E-state index in [0.717, 1.165) is 32.4 Å². The fourth-order valence-electron chi connectivity index (χ4n) is 3.38. The summed E-state index contributed by atoms with van der Waals surface area (Å²) in [5, 5.41) is 0. The molecule has 2 heterocycles. The third kappa shape index (κ3) is 2.99. The van der Waals surface area contributed by atoms with E-state index in [4.69, 9.17) is 0 Å². The Morgan fingerprint density at radius 1 is 1.24 bits per heavy atom. The SMILES string of the molecule is CN(C)S(=O)(=O)N[C@@H]1CCN2CCc3ccccc3[C@@H]2C1. The van der Waals surface area contributed by atoms with Gasteiger partial charge in [0.05, 0.1) is 0 Å². The molecule has 1 aromatic carbocycles. The number of hydrogen-bond acceptors (Lipinski definition) is 3. The van der Waals surface area contributed by atoms with Crippen molar-refractivity contribution >= 4 is 10.2 Å². The van der Waals surface area contributed by atoms with Gasteiger partial charge in [-0.2, -0.15) is 17.4 Å². The van der Waals surface area contributed by atoms with Crippen molar-refractivity contribution in [3.63, 3.8) is 0 Å². The van der Waals surface area contributed by atoms with Gasteiger partial charge < -0.3 is 0 Å². The van der Waals surface area contributed by atoms with E-state index in [1.807, 2.05) is 0 Å². The minimum atomic E-state index is -3.35. The molecule has 1 aromatic rings. The molecule has 1 fully saturated rings. The van der Waals surface area contributed by atoms with Gasteiger partial charge in [-0.15, -0.1) is 0 Å². The van der Waals surface area contributed by atoms with Gasteiger partial charge in [0, 0.05) is 39.3 Å². The first-order valence-corrected chi connectivity index (χ1v) is 8.93. The molecule has 3 rings (SSSR count). The Kier molecular flexibility index (Phi) is 4.05. The van der Waals surface area contributed by atoms with E-state index in [1.165, 1.54) is 15.4 Å². The molecule has 0 bridgehead atoms. The smallest absolute Gasteiger partial charge is 0.279 e. The van der Waals surface area contributed by atoms with Gasteiger partial charge in [0.15, 0.2) is 0 Å². The summed E-state index contributed by atoms with van der Waals surface area (Å²) in [4.78, 5) is 2.49. The minimum Gasteiger partial charge on any atom is -0.296 e. The zero-order valence-corrected chi connectivity index (χ0v) is 13.4. The van der Waals surface area contributed by atoms with E-state index in [-0.39, 0.29) is 6.04 Å². The minimum absolute atomic E-state index is 0.0183. The highest BCUT2D eigenvalue weighted by molar-refractivity contribution is 7.87. The molecule has 21 heavy (non-hydrogen) atoms. The molecular weight excluding hydrogens is 286 g/mol. The lowest BCUT2D eigenvalue weighted by atomic mass is 9.85. The molecule has 0 amide bonds. The molecule has 0 aromatic heterocycles. The Morgan fingerprint density at radius 3 is 2.76 bits per heavy atom. The first-order chi connectivity index (χ1) is 9.97. The number of nitrogens with one attached hydrogen (secondary N) is 1. The summed E-state index contributed by atoms with van der Waals surface area (Å²) in [5.74, 6) is 0. The number of rotatable bonds is 3. The molecule has 1 saturated heterocycles. The van der Waals surface area contributed by atoms with Crippen LogP contribution < -0.4 is 4.72 Å². The van der Waals surface area contributed by atoms with Crippen LogP contribution in [0.25, 0.3) is 0 Å². The van der Waals surface area contributed by atoms with Crippen LogP contribution in [0, 0.1) is 0 Å². The number of nitrogens with zero attached hydrogens (tertiary/aromatic N) is 2. The number of piperidine rings is 1. The molecule has 1 N–H and O–H groups in total. The van der Waals surface area contributed by atoms with Gasteiger partial charge in [-0.1, -0.05) is 24.3 Å². The average molecular weight is 309 g/mol. The monoisotopic (exact) mass is 309 g/mol. The van der Waals surface area contributed by atoms with Crippen molar-refractivity contribution in [2.75, 3.05) is 27.2 Å². The topological polar surface area (TPSA) is 52.7 Å².